The normalized spacial score (nSPS) is 21.4. The number of hydrogen-bond donors (Lipinski definition) is 7. The highest BCUT2D eigenvalue weighted by atomic mass is 16.7. The predicted octanol–water partition coefficient (Wildman–Crippen LogP) is 9.48. The van der Waals surface area contributed by atoms with E-state index < -0.39 is 61.5 Å². The smallest absolute Gasteiger partial charge is 0.249 e. The minimum absolute atomic E-state index is 0.301. The van der Waals surface area contributed by atoms with E-state index in [1.165, 1.54) is 161 Å². The molecule has 0 aromatic heterocycles. The molecule has 58 heavy (non-hydrogen) atoms. The van der Waals surface area contributed by atoms with Gasteiger partial charge < -0.3 is 45.4 Å². The van der Waals surface area contributed by atoms with Crippen LogP contribution in [0.25, 0.3) is 0 Å². The van der Waals surface area contributed by atoms with Crippen LogP contribution in [0.3, 0.4) is 0 Å². The van der Waals surface area contributed by atoms with Crippen LogP contribution in [0.5, 0.6) is 0 Å². The molecule has 8 unspecified atom stereocenters. The summed E-state index contributed by atoms with van der Waals surface area (Å²) < 4.78 is 11.1. The summed E-state index contributed by atoms with van der Waals surface area (Å²) in [6.07, 6.45) is 34.4. The van der Waals surface area contributed by atoms with Gasteiger partial charge in [-0.3, -0.25) is 4.79 Å². The molecule has 1 fully saturated rings. The van der Waals surface area contributed by atoms with Gasteiger partial charge in [0, 0.05) is 0 Å². The lowest BCUT2D eigenvalue weighted by Gasteiger charge is -2.40. The number of nitrogens with one attached hydrogen (secondary N) is 1. The average Bonchev–Trinajstić information content (AvgIpc) is 3.22. The molecule has 8 atom stereocenters. The van der Waals surface area contributed by atoms with Gasteiger partial charge in [-0.15, -0.1) is 0 Å². The van der Waals surface area contributed by atoms with Crippen molar-refractivity contribution in [2.75, 3.05) is 13.2 Å². The van der Waals surface area contributed by atoms with E-state index in [1.807, 2.05) is 6.08 Å². The van der Waals surface area contributed by atoms with Gasteiger partial charge in [-0.2, -0.15) is 0 Å². The van der Waals surface area contributed by atoms with Gasteiger partial charge in [-0.25, -0.2) is 0 Å². The molecule has 1 heterocycles. The molecule has 0 aromatic carbocycles. The molecule has 0 saturated carbocycles. The van der Waals surface area contributed by atoms with E-state index in [9.17, 15) is 35.4 Å². The first-order valence-corrected chi connectivity index (χ1v) is 24.5. The fraction of sp³-hybridized carbons (Fsp3) is 0.938. The number of carbonyl (C=O) groups excluding carboxylic acids is 1. The molecule has 0 radical (unpaired) electrons. The molecule has 0 bridgehead atoms. The molecule has 1 aliphatic rings. The van der Waals surface area contributed by atoms with Gasteiger partial charge in [0.15, 0.2) is 6.29 Å². The zero-order chi connectivity index (χ0) is 42.5. The van der Waals surface area contributed by atoms with E-state index in [1.54, 1.807) is 6.08 Å². The second-order valence-electron chi connectivity index (χ2n) is 17.4. The molecule has 10 heteroatoms. The highest BCUT2D eigenvalue weighted by molar-refractivity contribution is 5.80. The van der Waals surface area contributed by atoms with E-state index in [0.717, 1.165) is 44.9 Å². The third kappa shape index (κ3) is 28.4. The van der Waals surface area contributed by atoms with E-state index in [-0.39, 0.29) is 6.61 Å². The number of unbranched alkanes of at least 4 members (excludes halogenated alkanes) is 30. The van der Waals surface area contributed by atoms with E-state index in [2.05, 4.69) is 19.2 Å². The maximum Gasteiger partial charge on any atom is 0.249 e. The van der Waals surface area contributed by atoms with Crippen molar-refractivity contribution in [2.45, 2.75) is 275 Å². The fourth-order valence-electron chi connectivity index (χ4n) is 7.93. The lowest BCUT2D eigenvalue weighted by atomic mass is 9.99. The average molecular weight is 828 g/mol. The molecule has 344 valence electrons. The second-order valence-corrected chi connectivity index (χ2v) is 17.4. The highest BCUT2D eigenvalue weighted by Gasteiger charge is 2.44. The van der Waals surface area contributed by atoms with Crippen LogP contribution in [-0.2, 0) is 14.3 Å². The van der Waals surface area contributed by atoms with Crippen LogP contribution in [0.1, 0.15) is 226 Å². The lowest BCUT2D eigenvalue weighted by molar-refractivity contribution is -0.302. The van der Waals surface area contributed by atoms with Crippen molar-refractivity contribution >= 4 is 5.91 Å². The summed E-state index contributed by atoms with van der Waals surface area (Å²) in [5, 5.41) is 64.7. The summed E-state index contributed by atoms with van der Waals surface area (Å²) in [4.78, 5) is 13.1. The van der Waals surface area contributed by atoms with Gasteiger partial charge in [0.1, 0.15) is 30.5 Å². The standard InChI is InChI=1S/C48H93NO9/c1-3-5-7-9-11-13-15-17-19-20-21-22-23-25-27-29-31-33-35-37-42(52)47(56)49-40(39-57-48-46(55)45(54)44(53)43(38-50)58-48)41(51)36-34-32-30-28-26-24-18-16-14-12-10-8-6-4-2/h34,36,40-46,48,50-55H,3-33,35,37-39H2,1-2H3,(H,49,56)/b36-34+. The van der Waals surface area contributed by atoms with Gasteiger partial charge in [0.25, 0.3) is 0 Å². The zero-order valence-electron chi connectivity index (χ0n) is 37.4. The lowest BCUT2D eigenvalue weighted by Crippen LogP contribution is -2.60. The predicted molar refractivity (Wildman–Crippen MR) is 237 cm³/mol. The van der Waals surface area contributed by atoms with E-state index >= 15 is 0 Å². The molecule has 0 aliphatic carbocycles. The van der Waals surface area contributed by atoms with Crippen LogP contribution in [0.4, 0.5) is 0 Å². The van der Waals surface area contributed by atoms with Crippen molar-refractivity contribution in [1.29, 1.82) is 0 Å². The number of ether oxygens (including phenoxy) is 2. The number of rotatable bonds is 41. The minimum Gasteiger partial charge on any atom is -0.394 e. The SMILES string of the molecule is CCCCCCCCCCCCCC/C=C/C(O)C(COC1OC(CO)C(O)C(O)C1O)NC(=O)C(O)CCCCCCCCCCCCCCCCCCCCC. The summed E-state index contributed by atoms with van der Waals surface area (Å²) >= 11 is 0. The Morgan fingerprint density at radius 1 is 0.586 bits per heavy atom. The largest absolute Gasteiger partial charge is 0.394 e. The summed E-state index contributed by atoms with van der Waals surface area (Å²) in [5.74, 6) is -0.613. The maximum absolute atomic E-state index is 13.1. The third-order valence-electron chi connectivity index (χ3n) is 12.0. The molecule has 10 nitrogen and oxygen atoms in total. The minimum atomic E-state index is -1.61. The Morgan fingerprint density at radius 2 is 0.983 bits per heavy atom. The Morgan fingerprint density at radius 3 is 1.40 bits per heavy atom. The molecule has 0 spiro atoms. The monoisotopic (exact) mass is 828 g/mol. The maximum atomic E-state index is 13.1. The van der Waals surface area contributed by atoms with Crippen molar-refractivity contribution in [1.82, 2.24) is 5.32 Å². The summed E-state index contributed by atoms with van der Waals surface area (Å²) in [6, 6.07) is -0.974. The Hall–Kier alpha value is -1.11. The topological polar surface area (TPSA) is 169 Å². The van der Waals surface area contributed by atoms with Crippen LogP contribution >= 0.6 is 0 Å². The van der Waals surface area contributed by atoms with Gasteiger partial charge in [-0.1, -0.05) is 219 Å². The summed E-state index contributed by atoms with van der Waals surface area (Å²) in [5.41, 5.74) is 0. The Balaban J connectivity index is 2.36. The first-order chi connectivity index (χ1) is 28.3. The van der Waals surface area contributed by atoms with Crippen LogP contribution in [0, 0.1) is 0 Å². The van der Waals surface area contributed by atoms with Gasteiger partial charge in [0.05, 0.1) is 25.4 Å². The first-order valence-electron chi connectivity index (χ1n) is 24.5. The molecular formula is C48H93NO9. The molecular weight excluding hydrogens is 735 g/mol. The number of hydrogen-bond acceptors (Lipinski definition) is 9. The molecule has 1 saturated heterocycles. The van der Waals surface area contributed by atoms with E-state index in [0.29, 0.717) is 6.42 Å². The zero-order valence-corrected chi connectivity index (χ0v) is 37.4. The van der Waals surface area contributed by atoms with Crippen molar-refractivity contribution in [3.8, 4) is 0 Å². The molecule has 1 aliphatic heterocycles. The van der Waals surface area contributed by atoms with Crippen LogP contribution in [0.15, 0.2) is 12.2 Å². The second kappa shape index (κ2) is 38.8. The Labute approximate surface area is 355 Å². The Bertz CT molecular complexity index is 937. The van der Waals surface area contributed by atoms with Gasteiger partial charge in [-0.05, 0) is 19.3 Å². The number of aliphatic hydroxyl groups excluding tert-OH is 6. The number of amides is 1. The summed E-state index contributed by atoms with van der Waals surface area (Å²) in [6.45, 7) is 3.62. The van der Waals surface area contributed by atoms with Gasteiger partial charge >= 0.3 is 0 Å². The number of carbonyl (C=O) groups is 1. The molecule has 7 N–H and O–H groups in total. The van der Waals surface area contributed by atoms with Crippen molar-refractivity contribution < 1.29 is 44.9 Å². The number of aliphatic hydroxyl groups is 6. The first kappa shape index (κ1) is 54.9. The molecule has 1 rings (SSSR count). The molecule has 0 aromatic rings. The quantitative estimate of drug-likeness (QED) is 0.0235. The van der Waals surface area contributed by atoms with Gasteiger partial charge in [0.2, 0.25) is 5.91 Å². The van der Waals surface area contributed by atoms with Crippen LogP contribution in [-0.4, -0.2) is 98.7 Å². The van der Waals surface area contributed by atoms with E-state index in [4.69, 9.17) is 9.47 Å². The van der Waals surface area contributed by atoms with Crippen molar-refractivity contribution in [3.05, 3.63) is 12.2 Å². The highest BCUT2D eigenvalue weighted by Crippen LogP contribution is 2.23. The van der Waals surface area contributed by atoms with Crippen molar-refractivity contribution in [2.24, 2.45) is 0 Å². The number of allylic oxidation sites excluding steroid dienone is 1. The third-order valence-corrected chi connectivity index (χ3v) is 12.0. The Kier molecular flexibility index (Phi) is 36.7. The fourth-order valence-corrected chi connectivity index (χ4v) is 7.93. The summed E-state index contributed by atoms with van der Waals surface area (Å²) in [7, 11) is 0. The van der Waals surface area contributed by atoms with Crippen LogP contribution < -0.4 is 5.32 Å². The van der Waals surface area contributed by atoms with Crippen LogP contribution in [0.2, 0.25) is 0 Å². The molecule has 1 amide bonds. The van der Waals surface area contributed by atoms with Crippen molar-refractivity contribution in [3.63, 3.8) is 0 Å².